The summed E-state index contributed by atoms with van der Waals surface area (Å²) >= 11 is 0. The standard InChI is InChI=1S/C16H18N4O2/c1-22-15-9-14(17-11-18-15)19-16(21)20-8-4-7-12-5-2-3-6-13(12)10-20/h2-3,5-6,9,11H,4,7-8,10H2,1H3,(H,17,18,19,21). The summed E-state index contributed by atoms with van der Waals surface area (Å²) in [6.45, 7) is 1.34. The average molecular weight is 298 g/mol. The van der Waals surface area contributed by atoms with E-state index in [9.17, 15) is 4.79 Å². The average Bonchev–Trinajstić information content (AvgIpc) is 2.77. The molecule has 114 valence electrons. The zero-order chi connectivity index (χ0) is 15.4. The lowest BCUT2D eigenvalue weighted by atomic mass is 10.0. The molecule has 0 bridgehead atoms. The molecule has 2 heterocycles. The maximum absolute atomic E-state index is 12.4. The van der Waals surface area contributed by atoms with Crippen LogP contribution in [0.15, 0.2) is 36.7 Å². The number of fused-ring (bicyclic) bond motifs is 1. The Morgan fingerprint density at radius 2 is 2.09 bits per heavy atom. The number of rotatable bonds is 2. The first-order valence-corrected chi connectivity index (χ1v) is 7.25. The van der Waals surface area contributed by atoms with Crippen LogP contribution in [0.2, 0.25) is 0 Å². The lowest BCUT2D eigenvalue weighted by molar-refractivity contribution is 0.210. The van der Waals surface area contributed by atoms with Crippen LogP contribution in [0.4, 0.5) is 10.6 Å². The summed E-state index contributed by atoms with van der Waals surface area (Å²) < 4.78 is 5.03. The first kappa shape index (κ1) is 14.3. The molecule has 1 aliphatic rings. The Hall–Kier alpha value is -2.63. The third-order valence-corrected chi connectivity index (χ3v) is 3.73. The van der Waals surface area contributed by atoms with E-state index in [1.54, 1.807) is 11.0 Å². The molecule has 0 atom stereocenters. The van der Waals surface area contributed by atoms with Gasteiger partial charge in [-0.25, -0.2) is 14.8 Å². The third-order valence-electron chi connectivity index (χ3n) is 3.73. The summed E-state index contributed by atoms with van der Waals surface area (Å²) in [4.78, 5) is 22.2. The molecule has 1 aliphatic heterocycles. The number of amides is 2. The predicted molar refractivity (Wildman–Crippen MR) is 82.8 cm³/mol. The van der Waals surface area contributed by atoms with Gasteiger partial charge >= 0.3 is 6.03 Å². The van der Waals surface area contributed by atoms with E-state index in [1.165, 1.54) is 24.6 Å². The van der Waals surface area contributed by atoms with Crippen molar-refractivity contribution in [2.24, 2.45) is 0 Å². The van der Waals surface area contributed by atoms with E-state index in [-0.39, 0.29) is 6.03 Å². The number of methoxy groups -OCH3 is 1. The normalized spacial score (nSPS) is 14.0. The van der Waals surface area contributed by atoms with E-state index >= 15 is 0 Å². The van der Waals surface area contributed by atoms with Crippen LogP contribution in [-0.4, -0.2) is 34.6 Å². The van der Waals surface area contributed by atoms with Crippen LogP contribution in [0, 0.1) is 0 Å². The first-order chi connectivity index (χ1) is 10.8. The van der Waals surface area contributed by atoms with Crippen molar-refractivity contribution in [3.63, 3.8) is 0 Å². The SMILES string of the molecule is COc1cc(NC(=O)N2CCCc3ccccc3C2)ncn1. The number of urea groups is 1. The van der Waals surface area contributed by atoms with Gasteiger partial charge in [0.15, 0.2) is 0 Å². The van der Waals surface area contributed by atoms with Crippen molar-refractivity contribution >= 4 is 11.8 Å². The van der Waals surface area contributed by atoms with Crippen molar-refractivity contribution in [3.05, 3.63) is 47.8 Å². The highest BCUT2D eigenvalue weighted by atomic mass is 16.5. The fourth-order valence-electron chi connectivity index (χ4n) is 2.58. The van der Waals surface area contributed by atoms with Gasteiger partial charge in [-0.2, -0.15) is 0 Å². The Morgan fingerprint density at radius 3 is 2.91 bits per heavy atom. The number of nitrogens with one attached hydrogen (secondary N) is 1. The number of carbonyl (C=O) groups is 1. The van der Waals surface area contributed by atoms with Crippen molar-refractivity contribution in [1.29, 1.82) is 0 Å². The van der Waals surface area contributed by atoms with Gasteiger partial charge in [0.05, 0.1) is 7.11 Å². The molecule has 1 N–H and O–H groups in total. The summed E-state index contributed by atoms with van der Waals surface area (Å²) in [6.07, 6.45) is 3.32. The van der Waals surface area contributed by atoms with Gasteiger partial charge in [-0.15, -0.1) is 0 Å². The minimum Gasteiger partial charge on any atom is -0.481 e. The van der Waals surface area contributed by atoms with Crippen LogP contribution in [0.5, 0.6) is 5.88 Å². The molecule has 1 aromatic heterocycles. The van der Waals surface area contributed by atoms with Crippen molar-refractivity contribution < 1.29 is 9.53 Å². The Labute approximate surface area is 129 Å². The summed E-state index contributed by atoms with van der Waals surface area (Å²) in [7, 11) is 1.53. The molecule has 0 radical (unpaired) electrons. The van der Waals surface area contributed by atoms with E-state index in [4.69, 9.17) is 4.74 Å². The fourth-order valence-corrected chi connectivity index (χ4v) is 2.58. The van der Waals surface area contributed by atoms with Gasteiger partial charge in [-0.05, 0) is 24.0 Å². The van der Waals surface area contributed by atoms with Crippen LogP contribution in [0.25, 0.3) is 0 Å². The molecule has 0 unspecified atom stereocenters. The minimum absolute atomic E-state index is 0.155. The van der Waals surface area contributed by atoms with Gasteiger partial charge in [-0.1, -0.05) is 24.3 Å². The number of hydrogen-bond acceptors (Lipinski definition) is 4. The Kier molecular flexibility index (Phi) is 4.18. The smallest absolute Gasteiger partial charge is 0.323 e. The molecular weight excluding hydrogens is 280 g/mol. The highest BCUT2D eigenvalue weighted by molar-refractivity contribution is 5.88. The zero-order valence-electron chi connectivity index (χ0n) is 12.5. The summed E-state index contributed by atoms with van der Waals surface area (Å²) in [5, 5.41) is 2.80. The molecule has 0 saturated carbocycles. The zero-order valence-corrected chi connectivity index (χ0v) is 12.5. The molecular formula is C16H18N4O2. The quantitative estimate of drug-likeness (QED) is 0.925. The number of benzene rings is 1. The van der Waals surface area contributed by atoms with Crippen LogP contribution in [0.1, 0.15) is 17.5 Å². The van der Waals surface area contributed by atoms with Gasteiger partial charge in [-0.3, -0.25) is 5.32 Å². The maximum Gasteiger partial charge on any atom is 0.323 e. The molecule has 3 rings (SSSR count). The van der Waals surface area contributed by atoms with E-state index < -0.39 is 0 Å². The number of aromatic nitrogens is 2. The van der Waals surface area contributed by atoms with Crippen molar-refractivity contribution in [2.45, 2.75) is 19.4 Å². The first-order valence-electron chi connectivity index (χ1n) is 7.25. The number of anilines is 1. The second-order valence-electron chi connectivity index (χ2n) is 5.17. The molecule has 0 saturated heterocycles. The van der Waals surface area contributed by atoms with Gasteiger partial charge in [0, 0.05) is 19.2 Å². The molecule has 6 heteroatoms. The van der Waals surface area contributed by atoms with E-state index in [1.807, 2.05) is 12.1 Å². The van der Waals surface area contributed by atoms with Gasteiger partial charge in [0.25, 0.3) is 0 Å². The van der Waals surface area contributed by atoms with E-state index in [0.29, 0.717) is 18.2 Å². The minimum atomic E-state index is -0.155. The van der Waals surface area contributed by atoms with Crippen LogP contribution < -0.4 is 10.1 Å². The van der Waals surface area contributed by atoms with Crippen molar-refractivity contribution in [3.8, 4) is 5.88 Å². The lowest BCUT2D eigenvalue weighted by Gasteiger charge is -2.21. The second kappa shape index (κ2) is 6.43. The van der Waals surface area contributed by atoms with Crippen LogP contribution in [-0.2, 0) is 13.0 Å². The van der Waals surface area contributed by atoms with Crippen molar-refractivity contribution in [2.75, 3.05) is 19.0 Å². The van der Waals surface area contributed by atoms with Gasteiger partial charge in [0.1, 0.15) is 12.1 Å². The number of hydrogen-bond donors (Lipinski definition) is 1. The molecule has 22 heavy (non-hydrogen) atoms. The Balaban J connectivity index is 1.72. The molecule has 0 fully saturated rings. The number of aryl methyl sites for hydroxylation is 1. The molecule has 0 spiro atoms. The molecule has 1 aromatic carbocycles. The molecule has 6 nitrogen and oxygen atoms in total. The maximum atomic E-state index is 12.4. The fraction of sp³-hybridized carbons (Fsp3) is 0.312. The number of nitrogens with zero attached hydrogens (tertiary/aromatic N) is 3. The highest BCUT2D eigenvalue weighted by Gasteiger charge is 2.19. The lowest BCUT2D eigenvalue weighted by Crippen LogP contribution is -2.34. The van der Waals surface area contributed by atoms with Crippen LogP contribution in [0.3, 0.4) is 0 Å². The molecule has 0 aliphatic carbocycles. The Bertz CT molecular complexity index is 675. The summed E-state index contributed by atoms with van der Waals surface area (Å²) in [5.74, 6) is 0.862. The summed E-state index contributed by atoms with van der Waals surface area (Å²) in [5.41, 5.74) is 2.52. The van der Waals surface area contributed by atoms with Crippen LogP contribution >= 0.6 is 0 Å². The second-order valence-corrected chi connectivity index (χ2v) is 5.17. The van der Waals surface area contributed by atoms with Gasteiger partial charge < -0.3 is 9.64 Å². The topological polar surface area (TPSA) is 67.3 Å². The molecule has 2 amide bonds. The predicted octanol–water partition coefficient (Wildman–Crippen LogP) is 2.47. The van der Waals surface area contributed by atoms with Gasteiger partial charge in [0.2, 0.25) is 5.88 Å². The number of ether oxygens (including phenoxy) is 1. The van der Waals surface area contributed by atoms with Crippen molar-refractivity contribution in [1.82, 2.24) is 14.9 Å². The number of carbonyl (C=O) groups excluding carboxylic acids is 1. The molecule has 2 aromatic rings. The third kappa shape index (κ3) is 3.16. The van der Waals surface area contributed by atoms with E-state index in [2.05, 4.69) is 27.4 Å². The highest BCUT2D eigenvalue weighted by Crippen LogP contribution is 2.19. The summed E-state index contributed by atoms with van der Waals surface area (Å²) in [6, 6.07) is 9.71. The van der Waals surface area contributed by atoms with E-state index in [0.717, 1.165) is 19.4 Å². The Morgan fingerprint density at radius 1 is 1.27 bits per heavy atom. The largest absolute Gasteiger partial charge is 0.481 e. The monoisotopic (exact) mass is 298 g/mol.